The highest BCUT2D eigenvalue weighted by molar-refractivity contribution is 6.30. The summed E-state index contributed by atoms with van der Waals surface area (Å²) in [6.45, 7) is 2.75. The van der Waals surface area contributed by atoms with E-state index in [0.29, 0.717) is 48.1 Å². The molecule has 0 saturated carbocycles. The Balaban J connectivity index is 1.29. The number of hydrogen-bond acceptors (Lipinski definition) is 8. The van der Waals surface area contributed by atoms with Crippen LogP contribution in [0.15, 0.2) is 60.8 Å². The molecule has 3 unspecified atom stereocenters. The lowest BCUT2D eigenvalue weighted by Crippen LogP contribution is -2.52. The zero-order valence-electron chi connectivity index (χ0n) is 23.2. The van der Waals surface area contributed by atoms with Crippen molar-refractivity contribution in [1.29, 1.82) is 0 Å². The number of ether oxygens (including phenoxy) is 1. The first-order valence-electron chi connectivity index (χ1n) is 14.4. The number of nitrogens with zero attached hydrogens (tertiary/aromatic N) is 4. The van der Waals surface area contributed by atoms with Crippen LogP contribution in [0.25, 0.3) is 22.2 Å². The molecule has 2 aromatic carbocycles. The average Bonchev–Trinajstić information content (AvgIpc) is 3.71. The van der Waals surface area contributed by atoms with Gasteiger partial charge in [-0.15, -0.1) is 5.10 Å². The smallest absolute Gasteiger partial charge is 0.244 e. The highest BCUT2D eigenvalue weighted by Gasteiger charge is 2.36. The molecule has 0 spiro atoms. The number of piperazine rings is 1. The summed E-state index contributed by atoms with van der Waals surface area (Å²) in [7, 11) is 0. The minimum atomic E-state index is -1.03. The first-order valence-corrected chi connectivity index (χ1v) is 14.8. The van der Waals surface area contributed by atoms with Crippen LogP contribution in [0.2, 0.25) is 5.02 Å². The van der Waals surface area contributed by atoms with Gasteiger partial charge in [-0.05, 0) is 42.6 Å². The number of aliphatic hydroxyl groups excluding tert-OH is 2. The fourth-order valence-corrected chi connectivity index (χ4v) is 6.12. The summed E-state index contributed by atoms with van der Waals surface area (Å²) in [4.78, 5) is 22.9. The second-order valence-corrected chi connectivity index (χ2v) is 11.3. The van der Waals surface area contributed by atoms with E-state index in [0.717, 1.165) is 41.8 Å². The van der Waals surface area contributed by atoms with Crippen molar-refractivity contribution in [3.63, 3.8) is 0 Å². The van der Waals surface area contributed by atoms with Crippen LogP contribution in [0.5, 0.6) is 5.88 Å². The van der Waals surface area contributed by atoms with Crippen molar-refractivity contribution in [2.24, 2.45) is 0 Å². The van der Waals surface area contributed by atoms with Gasteiger partial charge in [0.1, 0.15) is 18.1 Å². The number of pyridine rings is 1. The lowest BCUT2D eigenvalue weighted by Gasteiger charge is -2.39. The second-order valence-electron chi connectivity index (χ2n) is 10.8. The van der Waals surface area contributed by atoms with E-state index in [2.05, 4.69) is 25.4 Å². The Bertz CT molecular complexity index is 1500. The Kier molecular flexibility index (Phi) is 8.57. The fraction of sp³-hybridized carbons (Fsp3) is 0.387. The number of carbonyl (C=O) groups excluding carboxylic acids is 1. The highest BCUT2D eigenvalue weighted by atomic mass is 35.5. The number of aromatic amines is 1. The van der Waals surface area contributed by atoms with Crippen molar-refractivity contribution in [3.8, 4) is 17.0 Å². The van der Waals surface area contributed by atoms with E-state index in [-0.39, 0.29) is 24.5 Å². The molecule has 220 valence electrons. The number of rotatable bonds is 9. The Labute approximate surface area is 249 Å². The molecule has 0 bridgehead atoms. The van der Waals surface area contributed by atoms with Crippen LogP contribution < -0.4 is 15.0 Å². The molecule has 2 aliphatic rings. The number of carbonyl (C=O) groups is 1. The van der Waals surface area contributed by atoms with Crippen LogP contribution in [0.4, 0.5) is 5.69 Å². The molecule has 2 aromatic heterocycles. The number of hydrogen-bond donors (Lipinski definition) is 4. The van der Waals surface area contributed by atoms with Gasteiger partial charge in [-0.2, -0.15) is 0 Å². The van der Waals surface area contributed by atoms with Gasteiger partial charge in [-0.1, -0.05) is 54.1 Å². The summed E-state index contributed by atoms with van der Waals surface area (Å²) in [6, 6.07) is 17.8. The van der Waals surface area contributed by atoms with Crippen molar-refractivity contribution < 1.29 is 19.7 Å². The molecule has 1 amide bonds. The molecule has 2 saturated heterocycles. The first kappa shape index (κ1) is 28.4. The van der Waals surface area contributed by atoms with Crippen LogP contribution in [-0.4, -0.2) is 94.3 Å². The van der Waals surface area contributed by atoms with Gasteiger partial charge in [0.25, 0.3) is 0 Å². The normalized spacial score (nSPS) is 18.8. The van der Waals surface area contributed by atoms with Crippen molar-refractivity contribution in [3.05, 3.63) is 71.4 Å². The maximum atomic E-state index is 14.1. The topological polar surface area (TPSA) is 127 Å². The minimum absolute atomic E-state index is 0.0983. The van der Waals surface area contributed by atoms with Gasteiger partial charge in [0.15, 0.2) is 5.65 Å². The largest absolute Gasteiger partial charge is 0.473 e. The van der Waals surface area contributed by atoms with Gasteiger partial charge in [0.05, 0.1) is 18.2 Å². The number of anilines is 1. The number of halogens is 1. The SMILES string of the molecule is O=C(C(c1ccc(Cl)cc1)C1CCCN1)N1CCN(c2c(-c3ccccc3)cnc3[nH]nc(OCC(O)CO)c23)CC1. The minimum Gasteiger partial charge on any atom is -0.473 e. The van der Waals surface area contributed by atoms with Crippen LogP contribution in [-0.2, 0) is 4.79 Å². The summed E-state index contributed by atoms with van der Waals surface area (Å²) in [6.07, 6.45) is 2.82. The van der Waals surface area contributed by atoms with E-state index in [4.69, 9.17) is 16.3 Å². The Morgan fingerprint density at radius 3 is 2.55 bits per heavy atom. The summed E-state index contributed by atoms with van der Waals surface area (Å²) in [5.74, 6) is 0.173. The summed E-state index contributed by atoms with van der Waals surface area (Å²) in [5.41, 5.74) is 4.38. The lowest BCUT2D eigenvalue weighted by atomic mass is 9.89. The molecule has 0 aliphatic carbocycles. The summed E-state index contributed by atoms with van der Waals surface area (Å²) < 4.78 is 5.84. The van der Waals surface area contributed by atoms with E-state index in [1.165, 1.54) is 0 Å². The molecule has 10 nitrogen and oxygen atoms in total. The van der Waals surface area contributed by atoms with Gasteiger partial charge in [-0.25, -0.2) is 4.98 Å². The third-order valence-corrected chi connectivity index (χ3v) is 8.39. The molecular weight excluding hydrogens is 556 g/mol. The number of H-pyrrole nitrogens is 1. The number of fused-ring (bicyclic) bond motifs is 1. The maximum absolute atomic E-state index is 14.1. The van der Waals surface area contributed by atoms with Gasteiger partial charge in [-0.3, -0.25) is 9.89 Å². The Morgan fingerprint density at radius 2 is 1.86 bits per heavy atom. The number of aromatic nitrogens is 3. The quantitative estimate of drug-likeness (QED) is 0.234. The molecule has 2 aliphatic heterocycles. The average molecular weight is 591 g/mol. The zero-order valence-corrected chi connectivity index (χ0v) is 24.0. The summed E-state index contributed by atoms with van der Waals surface area (Å²) in [5, 5.41) is 31.3. The maximum Gasteiger partial charge on any atom is 0.244 e. The van der Waals surface area contributed by atoms with Gasteiger partial charge in [0.2, 0.25) is 11.8 Å². The van der Waals surface area contributed by atoms with Crippen LogP contribution in [0, 0.1) is 0 Å². The van der Waals surface area contributed by atoms with E-state index in [9.17, 15) is 15.0 Å². The molecule has 4 aromatic rings. The van der Waals surface area contributed by atoms with Gasteiger partial charge >= 0.3 is 0 Å². The Morgan fingerprint density at radius 1 is 1.10 bits per heavy atom. The van der Waals surface area contributed by atoms with E-state index in [1.807, 2.05) is 65.7 Å². The Hall–Kier alpha value is -3.70. The van der Waals surface area contributed by atoms with Crippen molar-refractivity contribution in [2.75, 3.05) is 50.8 Å². The monoisotopic (exact) mass is 590 g/mol. The molecular formula is C31H35ClN6O4. The molecule has 42 heavy (non-hydrogen) atoms. The summed E-state index contributed by atoms with van der Waals surface area (Å²) >= 11 is 6.16. The number of nitrogens with one attached hydrogen (secondary N) is 2. The lowest BCUT2D eigenvalue weighted by molar-refractivity contribution is -0.133. The zero-order chi connectivity index (χ0) is 29.1. The molecule has 6 rings (SSSR count). The predicted molar refractivity (Wildman–Crippen MR) is 162 cm³/mol. The fourth-order valence-electron chi connectivity index (χ4n) is 6.00. The number of benzene rings is 2. The molecule has 11 heteroatoms. The van der Waals surface area contributed by atoms with Crippen LogP contribution in [0.3, 0.4) is 0 Å². The third kappa shape index (κ3) is 5.80. The number of aliphatic hydroxyl groups is 2. The molecule has 4 N–H and O–H groups in total. The van der Waals surface area contributed by atoms with Gasteiger partial charge in [0, 0.05) is 49.0 Å². The van der Waals surface area contributed by atoms with Crippen LogP contribution in [0.1, 0.15) is 24.3 Å². The predicted octanol–water partition coefficient (Wildman–Crippen LogP) is 3.19. The van der Waals surface area contributed by atoms with Crippen LogP contribution >= 0.6 is 11.6 Å². The second kappa shape index (κ2) is 12.7. The molecule has 2 fully saturated rings. The van der Waals surface area contributed by atoms with E-state index >= 15 is 0 Å². The highest BCUT2D eigenvalue weighted by Crippen LogP contribution is 2.40. The van der Waals surface area contributed by atoms with E-state index < -0.39 is 12.7 Å². The van der Waals surface area contributed by atoms with Crippen molar-refractivity contribution in [1.82, 2.24) is 25.4 Å². The molecule has 3 atom stereocenters. The van der Waals surface area contributed by atoms with Crippen molar-refractivity contribution >= 4 is 34.2 Å². The van der Waals surface area contributed by atoms with Crippen molar-refractivity contribution in [2.45, 2.75) is 30.9 Å². The first-order chi connectivity index (χ1) is 20.5. The molecule has 4 heterocycles. The van der Waals surface area contributed by atoms with E-state index in [1.54, 1.807) is 0 Å². The number of amides is 1. The molecule has 0 radical (unpaired) electrons. The standard InChI is InChI=1S/C31H35ClN6O4/c32-22-10-8-21(9-11-22)26(25-7-4-12-33-25)31(41)38-15-13-37(14-16-38)28-24(20-5-2-1-3-6-20)17-34-29-27(28)30(36-35-29)42-19-23(40)18-39/h1-3,5-6,8-11,17,23,25-26,33,39-40H,4,7,12-16,18-19H2,(H,34,35,36). The van der Waals surface area contributed by atoms with Gasteiger partial charge < -0.3 is 30.1 Å². The third-order valence-electron chi connectivity index (χ3n) is 8.14.